The quantitative estimate of drug-likeness (QED) is 0.659. The van der Waals surface area contributed by atoms with Crippen LogP contribution >= 0.6 is 0 Å². The minimum absolute atomic E-state index is 0.114. The van der Waals surface area contributed by atoms with Crippen molar-refractivity contribution in [1.82, 2.24) is 14.9 Å². The molecule has 1 spiro atoms. The summed E-state index contributed by atoms with van der Waals surface area (Å²) < 4.78 is 31.7. The number of nitrogens with zero attached hydrogens (tertiary/aromatic N) is 4. The fourth-order valence-electron chi connectivity index (χ4n) is 4.53. The molecular formula is C24H31FN4O4. The highest BCUT2D eigenvalue weighted by Crippen LogP contribution is 2.34. The Balaban J connectivity index is 1.44. The van der Waals surface area contributed by atoms with Crippen molar-refractivity contribution in [2.24, 2.45) is 0 Å². The van der Waals surface area contributed by atoms with Crippen molar-refractivity contribution in [3.63, 3.8) is 0 Å². The average molecular weight is 459 g/mol. The van der Waals surface area contributed by atoms with E-state index in [4.69, 9.17) is 14.2 Å². The number of likely N-dealkylation sites (tertiary alicyclic amines) is 1. The molecule has 1 atom stereocenters. The Morgan fingerprint density at radius 2 is 2.00 bits per heavy atom. The van der Waals surface area contributed by atoms with Crippen LogP contribution in [0.3, 0.4) is 0 Å². The van der Waals surface area contributed by atoms with Gasteiger partial charge in [0.15, 0.2) is 11.6 Å². The van der Waals surface area contributed by atoms with Crippen LogP contribution in [0.15, 0.2) is 36.7 Å². The highest BCUT2D eigenvalue weighted by Gasteiger charge is 2.44. The van der Waals surface area contributed by atoms with Gasteiger partial charge in [-0.3, -0.25) is 4.79 Å². The topological polar surface area (TPSA) is 77.0 Å². The van der Waals surface area contributed by atoms with E-state index in [1.54, 1.807) is 36.5 Å². The van der Waals surface area contributed by atoms with Crippen molar-refractivity contribution >= 4 is 11.9 Å². The highest BCUT2D eigenvalue weighted by atomic mass is 19.1. The SMILES string of the molecule is COCC1CN(c2ncccn2)CC2(CCN(C(=O)c3ccc(OC(C)C)c(F)c3)CC2)O1. The van der Waals surface area contributed by atoms with Crippen LogP contribution in [-0.4, -0.2) is 78.5 Å². The smallest absolute Gasteiger partial charge is 0.253 e. The first-order valence-electron chi connectivity index (χ1n) is 11.3. The molecule has 4 rings (SSSR count). The standard InChI is InChI=1S/C24H31FN4O4/c1-17(2)32-21-6-5-18(13-20(21)25)22(30)28-11-7-24(8-12-28)16-29(14-19(33-24)15-31-3)23-26-9-4-10-27-23/h4-6,9-10,13,17,19H,7-8,11-12,14-16H2,1-3H3. The Kier molecular flexibility index (Phi) is 7.09. The molecule has 1 aromatic carbocycles. The predicted molar refractivity (Wildman–Crippen MR) is 121 cm³/mol. The number of amides is 1. The first kappa shape index (κ1) is 23.4. The second kappa shape index (κ2) is 10.0. The van der Waals surface area contributed by atoms with Crippen LogP contribution in [0.25, 0.3) is 0 Å². The second-order valence-electron chi connectivity index (χ2n) is 8.91. The summed E-state index contributed by atoms with van der Waals surface area (Å²) in [4.78, 5) is 25.7. The van der Waals surface area contributed by atoms with Gasteiger partial charge in [-0.25, -0.2) is 14.4 Å². The van der Waals surface area contributed by atoms with Gasteiger partial charge >= 0.3 is 0 Å². The van der Waals surface area contributed by atoms with Gasteiger partial charge in [0.05, 0.1) is 31.0 Å². The summed E-state index contributed by atoms with van der Waals surface area (Å²) in [5, 5.41) is 0. The van der Waals surface area contributed by atoms with Crippen LogP contribution in [0.5, 0.6) is 5.75 Å². The third-order valence-corrected chi connectivity index (χ3v) is 6.01. The number of anilines is 1. The van der Waals surface area contributed by atoms with Crippen LogP contribution < -0.4 is 9.64 Å². The molecule has 0 bridgehead atoms. The lowest BCUT2D eigenvalue weighted by molar-refractivity contribution is -0.145. The number of carbonyl (C=O) groups is 1. The lowest BCUT2D eigenvalue weighted by Crippen LogP contribution is -2.61. The number of rotatable bonds is 6. The van der Waals surface area contributed by atoms with E-state index >= 15 is 0 Å². The Morgan fingerprint density at radius 3 is 2.64 bits per heavy atom. The molecule has 0 aliphatic carbocycles. The Morgan fingerprint density at radius 1 is 1.27 bits per heavy atom. The highest BCUT2D eigenvalue weighted by molar-refractivity contribution is 5.94. The maximum Gasteiger partial charge on any atom is 0.253 e. The first-order chi connectivity index (χ1) is 15.9. The summed E-state index contributed by atoms with van der Waals surface area (Å²) in [6.45, 7) is 6.47. The number of methoxy groups -OCH3 is 1. The molecule has 178 valence electrons. The monoisotopic (exact) mass is 458 g/mol. The molecule has 1 aromatic heterocycles. The Labute approximate surface area is 193 Å². The molecule has 9 heteroatoms. The van der Waals surface area contributed by atoms with Gasteiger partial charge in [0.2, 0.25) is 5.95 Å². The third kappa shape index (κ3) is 5.42. The van der Waals surface area contributed by atoms with Crippen molar-refractivity contribution in [2.45, 2.75) is 44.5 Å². The van der Waals surface area contributed by atoms with E-state index < -0.39 is 11.4 Å². The van der Waals surface area contributed by atoms with Gasteiger partial charge in [-0.05, 0) is 51.0 Å². The van der Waals surface area contributed by atoms with Crippen LogP contribution in [-0.2, 0) is 9.47 Å². The molecule has 0 N–H and O–H groups in total. The van der Waals surface area contributed by atoms with Gasteiger partial charge in [0.25, 0.3) is 5.91 Å². The van der Waals surface area contributed by atoms with E-state index in [1.807, 2.05) is 13.8 Å². The predicted octanol–water partition coefficient (Wildman–Crippen LogP) is 2.93. The normalized spacial score (nSPS) is 20.3. The van der Waals surface area contributed by atoms with Gasteiger partial charge < -0.3 is 24.0 Å². The van der Waals surface area contributed by atoms with Gasteiger partial charge in [-0.2, -0.15) is 0 Å². The number of aromatic nitrogens is 2. The second-order valence-corrected chi connectivity index (χ2v) is 8.91. The Bertz CT molecular complexity index is 951. The van der Waals surface area contributed by atoms with Crippen LogP contribution in [0, 0.1) is 5.82 Å². The molecule has 33 heavy (non-hydrogen) atoms. The van der Waals surface area contributed by atoms with E-state index in [0.717, 1.165) is 0 Å². The number of hydrogen-bond acceptors (Lipinski definition) is 7. The zero-order valence-corrected chi connectivity index (χ0v) is 19.4. The fourth-order valence-corrected chi connectivity index (χ4v) is 4.53. The van der Waals surface area contributed by atoms with E-state index in [2.05, 4.69) is 14.9 Å². The molecule has 3 heterocycles. The summed E-state index contributed by atoms with van der Waals surface area (Å²) in [7, 11) is 1.66. The number of piperidine rings is 1. The van der Waals surface area contributed by atoms with E-state index in [1.165, 1.54) is 12.1 Å². The number of hydrogen-bond donors (Lipinski definition) is 0. The lowest BCUT2D eigenvalue weighted by Gasteiger charge is -2.49. The van der Waals surface area contributed by atoms with Crippen molar-refractivity contribution < 1.29 is 23.4 Å². The molecule has 1 unspecified atom stereocenters. The van der Waals surface area contributed by atoms with Crippen molar-refractivity contribution in [3.8, 4) is 5.75 Å². The number of carbonyl (C=O) groups excluding carboxylic acids is 1. The molecule has 2 aliphatic rings. The summed E-state index contributed by atoms with van der Waals surface area (Å²) in [5.41, 5.74) is -0.0989. The fraction of sp³-hybridized carbons (Fsp3) is 0.542. The summed E-state index contributed by atoms with van der Waals surface area (Å²) in [6.07, 6.45) is 4.54. The molecule has 8 nitrogen and oxygen atoms in total. The number of halogens is 1. The largest absolute Gasteiger partial charge is 0.488 e. The molecule has 2 aromatic rings. The van der Waals surface area contributed by atoms with E-state index in [9.17, 15) is 9.18 Å². The van der Waals surface area contributed by atoms with Gasteiger partial charge in [-0.15, -0.1) is 0 Å². The maximum absolute atomic E-state index is 14.4. The number of benzene rings is 1. The number of ether oxygens (including phenoxy) is 3. The van der Waals surface area contributed by atoms with Crippen molar-refractivity contribution in [3.05, 3.63) is 48.0 Å². The zero-order chi connectivity index (χ0) is 23.4. The molecule has 0 radical (unpaired) electrons. The van der Waals surface area contributed by atoms with Gasteiger partial charge in [-0.1, -0.05) is 0 Å². The number of morpholine rings is 1. The third-order valence-electron chi connectivity index (χ3n) is 6.01. The molecule has 1 amide bonds. The molecule has 2 fully saturated rings. The maximum atomic E-state index is 14.4. The molecular weight excluding hydrogens is 427 g/mol. The van der Waals surface area contributed by atoms with Crippen molar-refractivity contribution in [1.29, 1.82) is 0 Å². The van der Waals surface area contributed by atoms with Gasteiger partial charge in [0.1, 0.15) is 0 Å². The van der Waals surface area contributed by atoms with Crippen LogP contribution in [0.4, 0.5) is 10.3 Å². The summed E-state index contributed by atoms with van der Waals surface area (Å²) in [6, 6.07) is 6.18. The first-order valence-corrected chi connectivity index (χ1v) is 11.3. The summed E-state index contributed by atoms with van der Waals surface area (Å²) in [5.74, 6) is 0.105. The van der Waals surface area contributed by atoms with E-state index in [-0.39, 0.29) is 23.9 Å². The lowest BCUT2D eigenvalue weighted by atomic mass is 9.88. The van der Waals surface area contributed by atoms with E-state index in [0.29, 0.717) is 57.1 Å². The van der Waals surface area contributed by atoms with Crippen LogP contribution in [0.1, 0.15) is 37.0 Å². The van der Waals surface area contributed by atoms with Gasteiger partial charge in [0, 0.05) is 44.7 Å². The minimum atomic E-state index is -0.528. The molecule has 2 aliphatic heterocycles. The minimum Gasteiger partial charge on any atom is -0.488 e. The molecule has 2 saturated heterocycles. The van der Waals surface area contributed by atoms with Crippen LogP contribution in [0.2, 0.25) is 0 Å². The average Bonchev–Trinajstić information content (AvgIpc) is 2.81. The van der Waals surface area contributed by atoms with Crippen molar-refractivity contribution in [2.75, 3.05) is 44.8 Å². The summed E-state index contributed by atoms with van der Waals surface area (Å²) >= 11 is 0. The Hall–Kier alpha value is -2.78. The zero-order valence-electron chi connectivity index (χ0n) is 19.4. The molecule has 0 saturated carbocycles.